The van der Waals surface area contributed by atoms with Gasteiger partial charge in [-0.2, -0.15) is 0 Å². The Labute approximate surface area is 195 Å². The lowest BCUT2D eigenvalue weighted by molar-refractivity contribution is -0.0202. The van der Waals surface area contributed by atoms with Crippen LogP contribution in [-0.2, 0) is 18.9 Å². The zero-order valence-corrected chi connectivity index (χ0v) is 22.1. The van der Waals surface area contributed by atoms with Crippen LogP contribution in [0.25, 0.3) is 0 Å². The lowest BCUT2D eigenvalue weighted by atomic mass is 9.85. The van der Waals surface area contributed by atoms with Gasteiger partial charge >= 0.3 is 0 Å². The van der Waals surface area contributed by atoms with E-state index in [1.807, 2.05) is 13.8 Å². The number of hydrogen-bond donors (Lipinski definition) is 0. The van der Waals surface area contributed by atoms with E-state index in [9.17, 15) is 0 Å². The van der Waals surface area contributed by atoms with E-state index in [-0.39, 0.29) is 0 Å². The van der Waals surface area contributed by atoms with E-state index in [2.05, 4.69) is 34.6 Å². The van der Waals surface area contributed by atoms with Crippen LogP contribution < -0.4 is 0 Å². The van der Waals surface area contributed by atoms with Crippen molar-refractivity contribution in [2.45, 2.75) is 106 Å². The van der Waals surface area contributed by atoms with Crippen LogP contribution in [0.4, 0.5) is 0 Å². The molecule has 0 aromatic heterocycles. The van der Waals surface area contributed by atoms with Gasteiger partial charge in [-0.25, -0.2) is 0 Å². The summed E-state index contributed by atoms with van der Waals surface area (Å²) in [7, 11) is 0. The molecule has 3 heterocycles. The van der Waals surface area contributed by atoms with E-state index in [0.29, 0.717) is 12.0 Å². The molecule has 0 spiro atoms. The summed E-state index contributed by atoms with van der Waals surface area (Å²) in [6.45, 7) is 21.6. The third kappa shape index (κ3) is 16.2. The third-order valence-corrected chi connectivity index (χ3v) is 6.61. The summed E-state index contributed by atoms with van der Waals surface area (Å²) in [5.74, 6) is 3.33. The molecule has 4 nitrogen and oxygen atoms in total. The van der Waals surface area contributed by atoms with E-state index in [0.717, 1.165) is 64.0 Å². The first kappa shape index (κ1) is 30.8. The zero-order valence-electron chi connectivity index (χ0n) is 22.1. The van der Waals surface area contributed by atoms with Crippen LogP contribution in [0.15, 0.2) is 0 Å². The van der Waals surface area contributed by atoms with Gasteiger partial charge in [0.1, 0.15) is 0 Å². The summed E-state index contributed by atoms with van der Waals surface area (Å²) in [6.07, 6.45) is 10.7. The maximum atomic E-state index is 5.61. The standard InChI is InChI=1S/C10H20O.C8H16O.C7H14O2.C2H6/c1-4-10-7-9(8(2)3)5-6-11-10;1-2-8-4-3-6-9-7-5-8;1-2-7-5-8-3-4-9-6-7;1-2/h8-10H,4-7H2,1-3H3;8H,2-7H2,1H3;7H,2-6H2,1H3;1-2H3. The fourth-order valence-corrected chi connectivity index (χ4v) is 4.08. The third-order valence-electron chi connectivity index (χ3n) is 6.61. The van der Waals surface area contributed by atoms with Gasteiger partial charge in [-0.05, 0) is 62.7 Å². The van der Waals surface area contributed by atoms with Gasteiger partial charge in [0.25, 0.3) is 0 Å². The average molecular weight is 445 g/mol. The second-order valence-electron chi connectivity index (χ2n) is 9.17. The summed E-state index contributed by atoms with van der Waals surface area (Å²) >= 11 is 0. The number of ether oxygens (including phenoxy) is 4. The maximum absolute atomic E-state index is 5.61. The predicted octanol–water partition coefficient (Wildman–Crippen LogP) is 7.15. The average Bonchev–Trinajstić information content (AvgIpc) is 3.26. The SMILES string of the molecule is CC.CCC1CC(C(C)C)CCO1.CCC1CCCOCC1.CCC1COCCOC1. The second-order valence-corrected chi connectivity index (χ2v) is 9.17. The zero-order chi connectivity index (χ0) is 23.3. The summed E-state index contributed by atoms with van der Waals surface area (Å²) in [5.41, 5.74) is 0. The van der Waals surface area contributed by atoms with E-state index in [1.54, 1.807) is 0 Å². The van der Waals surface area contributed by atoms with Crippen molar-refractivity contribution in [2.24, 2.45) is 23.7 Å². The second kappa shape index (κ2) is 21.7. The minimum absolute atomic E-state index is 0.552. The van der Waals surface area contributed by atoms with Crippen molar-refractivity contribution in [2.75, 3.05) is 46.2 Å². The molecule has 0 N–H and O–H groups in total. The molecule has 3 rings (SSSR count). The van der Waals surface area contributed by atoms with Crippen LogP contribution >= 0.6 is 0 Å². The molecule has 0 amide bonds. The predicted molar refractivity (Wildman–Crippen MR) is 133 cm³/mol. The topological polar surface area (TPSA) is 36.9 Å². The monoisotopic (exact) mass is 444 g/mol. The summed E-state index contributed by atoms with van der Waals surface area (Å²) in [6, 6.07) is 0. The molecule has 3 unspecified atom stereocenters. The quantitative estimate of drug-likeness (QED) is 0.461. The molecule has 3 aliphatic rings. The molecule has 0 radical (unpaired) electrons. The van der Waals surface area contributed by atoms with Crippen LogP contribution in [0.3, 0.4) is 0 Å². The van der Waals surface area contributed by atoms with Crippen molar-refractivity contribution in [3.63, 3.8) is 0 Å². The molecule has 3 saturated heterocycles. The Morgan fingerprint density at radius 2 is 1.32 bits per heavy atom. The van der Waals surface area contributed by atoms with Gasteiger partial charge in [0.2, 0.25) is 0 Å². The highest BCUT2D eigenvalue weighted by Gasteiger charge is 2.23. The van der Waals surface area contributed by atoms with Crippen LogP contribution in [0, 0.1) is 23.7 Å². The Morgan fingerprint density at radius 1 is 0.677 bits per heavy atom. The summed E-state index contributed by atoms with van der Waals surface area (Å²) < 4.78 is 21.5. The molecule has 31 heavy (non-hydrogen) atoms. The number of rotatable bonds is 4. The van der Waals surface area contributed by atoms with Gasteiger partial charge in [-0.15, -0.1) is 0 Å². The highest BCUT2D eigenvalue weighted by Crippen LogP contribution is 2.27. The minimum Gasteiger partial charge on any atom is -0.381 e. The van der Waals surface area contributed by atoms with Crippen molar-refractivity contribution in [1.82, 2.24) is 0 Å². The van der Waals surface area contributed by atoms with Gasteiger partial charge in [-0.1, -0.05) is 54.9 Å². The normalized spacial score (nSPS) is 27.3. The van der Waals surface area contributed by atoms with Gasteiger partial charge in [-0.3, -0.25) is 0 Å². The molecule has 3 atom stereocenters. The maximum Gasteiger partial charge on any atom is 0.0700 e. The first-order valence-corrected chi connectivity index (χ1v) is 13.4. The Kier molecular flexibility index (Phi) is 21.6. The van der Waals surface area contributed by atoms with Crippen LogP contribution in [-0.4, -0.2) is 52.4 Å². The molecule has 0 aromatic carbocycles. The van der Waals surface area contributed by atoms with Crippen LogP contribution in [0.5, 0.6) is 0 Å². The summed E-state index contributed by atoms with van der Waals surface area (Å²) in [4.78, 5) is 0. The fraction of sp³-hybridized carbons (Fsp3) is 1.00. The largest absolute Gasteiger partial charge is 0.381 e. The van der Waals surface area contributed by atoms with Gasteiger partial charge in [0, 0.05) is 25.7 Å². The highest BCUT2D eigenvalue weighted by atomic mass is 16.5. The Balaban J connectivity index is 0.000000421. The van der Waals surface area contributed by atoms with E-state index in [4.69, 9.17) is 18.9 Å². The van der Waals surface area contributed by atoms with Crippen molar-refractivity contribution < 1.29 is 18.9 Å². The molecule has 3 fully saturated rings. The minimum atomic E-state index is 0.552. The van der Waals surface area contributed by atoms with Crippen LogP contribution in [0.2, 0.25) is 0 Å². The molecule has 0 bridgehead atoms. The Bertz CT molecular complexity index is 325. The molecular formula is C27H56O4. The lowest BCUT2D eigenvalue weighted by Crippen LogP contribution is -2.27. The van der Waals surface area contributed by atoms with Gasteiger partial charge in [0.05, 0.1) is 32.5 Å². The Hall–Kier alpha value is -0.160. The van der Waals surface area contributed by atoms with Gasteiger partial charge in [0.15, 0.2) is 0 Å². The van der Waals surface area contributed by atoms with E-state index in [1.165, 1.54) is 51.4 Å². The molecule has 4 heteroatoms. The number of hydrogen-bond acceptors (Lipinski definition) is 4. The first-order valence-electron chi connectivity index (χ1n) is 13.4. The van der Waals surface area contributed by atoms with Crippen molar-refractivity contribution in [1.29, 1.82) is 0 Å². The summed E-state index contributed by atoms with van der Waals surface area (Å²) in [5, 5.41) is 0. The van der Waals surface area contributed by atoms with Crippen LogP contribution in [0.1, 0.15) is 99.8 Å². The molecule has 188 valence electrons. The smallest absolute Gasteiger partial charge is 0.0700 e. The van der Waals surface area contributed by atoms with Crippen molar-refractivity contribution >= 4 is 0 Å². The lowest BCUT2D eigenvalue weighted by Gasteiger charge is -2.31. The van der Waals surface area contributed by atoms with Crippen molar-refractivity contribution in [3.05, 3.63) is 0 Å². The highest BCUT2D eigenvalue weighted by molar-refractivity contribution is 4.72. The van der Waals surface area contributed by atoms with E-state index < -0.39 is 0 Å². The molecule has 0 aliphatic carbocycles. The molecular weight excluding hydrogens is 388 g/mol. The molecule has 0 aromatic rings. The van der Waals surface area contributed by atoms with Crippen molar-refractivity contribution in [3.8, 4) is 0 Å². The molecule has 0 saturated carbocycles. The first-order chi connectivity index (χ1) is 15.1. The van der Waals surface area contributed by atoms with E-state index >= 15 is 0 Å². The Morgan fingerprint density at radius 3 is 1.87 bits per heavy atom. The molecule has 3 aliphatic heterocycles. The fourth-order valence-electron chi connectivity index (χ4n) is 4.08. The van der Waals surface area contributed by atoms with Gasteiger partial charge < -0.3 is 18.9 Å².